The molecular weight excluding hydrogens is 396 g/mol. The zero-order valence-electron chi connectivity index (χ0n) is 20.1. The van der Waals surface area contributed by atoms with E-state index < -0.39 is 0 Å². The lowest BCUT2D eigenvalue weighted by Crippen LogP contribution is -2.58. The van der Waals surface area contributed by atoms with Crippen molar-refractivity contribution in [1.29, 1.82) is 0 Å². The molecule has 4 fully saturated rings. The number of hydrogen-bond donors (Lipinski definition) is 1. The number of esters is 1. The Bertz CT molecular complexity index is 878. The van der Waals surface area contributed by atoms with Crippen LogP contribution in [0.4, 0.5) is 0 Å². The molecule has 0 amide bonds. The molecule has 0 saturated heterocycles. The second-order valence-electron chi connectivity index (χ2n) is 11.9. The van der Waals surface area contributed by atoms with E-state index in [1.54, 1.807) is 0 Å². The molecule has 3 nitrogen and oxygen atoms in total. The van der Waals surface area contributed by atoms with Crippen LogP contribution in [0.2, 0.25) is 0 Å². The minimum atomic E-state index is -0.234. The van der Waals surface area contributed by atoms with Gasteiger partial charge in [0.25, 0.3) is 0 Å². The van der Waals surface area contributed by atoms with Crippen LogP contribution < -0.4 is 0 Å². The monoisotopic (exact) mass is 436 g/mol. The third kappa shape index (κ3) is 3.30. The van der Waals surface area contributed by atoms with Gasteiger partial charge < -0.3 is 9.84 Å². The maximum Gasteiger partial charge on any atom is 0.338 e. The van der Waals surface area contributed by atoms with Crippen molar-refractivity contribution in [2.24, 2.45) is 40.4 Å². The molecule has 0 bridgehead atoms. The lowest BCUT2D eigenvalue weighted by Gasteiger charge is -2.62. The van der Waals surface area contributed by atoms with Gasteiger partial charge in [0.05, 0.1) is 11.7 Å². The van der Waals surface area contributed by atoms with Gasteiger partial charge >= 0.3 is 5.97 Å². The molecule has 3 heteroatoms. The van der Waals surface area contributed by atoms with Gasteiger partial charge in [-0.1, -0.05) is 44.2 Å². The van der Waals surface area contributed by atoms with Crippen molar-refractivity contribution in [3.8, 4) is 0 Å². The highest BCUT2D eigenvalue weighted by Gasteiger charge is 2.63. The standard InChI is InChI=1S/C29H40O3/c1-18(2)23-12-13-24-22-11-10-20-16-21(32-27(31)19-8-6-5-7-9-19)14-15-28(20,3)25(22)17-26(30)29(23,24)4/h5-9,20-26,30H,1,10-17H2,2-4H3/t20-,21+,22+,23-,24+,25+,26+,28+,29-/m1/s1. The largest absolute Gasteiger partial charge is 0.459 e. The van der Waals surface area contributed by atoms with Gasteiger partial charge in [-0.25, -0.2) is 4.79 Å². The second-order valence-corrected chi connectivity index (χ2v) is 11.9. The number of ether oxygens (including phenoxy) is 1. The first-order chi connectivity index (χ1) is 15.2. The Kier molecular flexibility index (Phi) is 5.55. The minimum absolute atomic E-state index is 0.00138. The molecule has 32 heavy (non-hydrogen) atoms. The van der Waals surface area contributed by atoms with E-state index >= 15 is 0 Å². The van der Waals surface area contributed by atoms with Gasteiger partial charge in [-0.15, -0.1) is 0 Å². The summed E-state index contributed by atoms with van der Waals surface area (Å²) >= 11 is 0. The lowest BCUT2D eigenvalue weighted by molar-refractivity contribution is -0.168. The first-order valence-corrected chi connectivity index (χ1v) is 12.8. The highest BCUT2D eigenvalue weighted by molar-refractivity contribution is 5.89. The molecule has 0 aliphatic heterocycles. The maximum absolute atomic E-state index is 12.6. The van der Waals surface area contributed by atoms with Gasteiger partial charge in [0.2, 0.25) is 0 Å². The molecule has 174 valence electrons. The first kappa shape index (κ1) is 22.2. The number of carbonyl (C=O) groups excluding carboxylic acids is 1. The van der Waals surface area contributed by atoms with Gasteiger partial charge in [0.15, 0.2) is 0 Å². The molecule has 0 radical (unpaired) electrons. The molecule has 0 unspecified atom stereocenters. The van der Waals surface area contributed by atoms with E-state index in [9.17, 15) is 9.90 Å². The molecule has 0 aromatic heterocycles. The number of hydrogen-bond acceptors (Lipinski definition) is 3. The summed E-state index contributed by atoms with van der Waals surface area (Å²) in [7, 11) is 0. The smallest absolute Gasteiger partial charge is 0.338 e. The molecular formula is C29H40O3. The van der Waals surface area contributed by atoms with Crippen molar-refractivity contribution in [2.45, 2.75) is 84.3 Å². The Morgan fingerprint density at radius 1 is 1.03 bits per heavy atom. The average Bonchev–Trinajstić information content (AvgIpc) is 3.14. The van der Waals surface area contributed by atoms with Crippen molar-refractivity contribution in [2.75, 3.05) is 0 Å². The van der Waals surface area contributed by atoms with Crippen molar-refractivity contribution < 1.29 is 14.6 Å². The molecule has 4 aliphatic carbocycles. The van der Waals surface area contributed by atoms with Crippen LogP contribution in [-0.4, -0.2) is 23.3 Å². The Balaban J connectivity index is 1.31. The Morgan fingerprint density at radius 2 is 1.78 bits per heavy atom. The molecule has 9 atom stereocenters. The predicted octanol–water partition coefficient (Wildman–Crippen LogP) is 6.42. The van der Waals surface area contributed by atoms with Crippen LogP contribution >= 0.6 is 0 Å². The fourth-order valence-corrected chi connectivity index (χ4v) is 8.88. The summed E-state index contributed by atoms with van der Waals surface area (Å²) in [6.07, 6.45) is 8.68. The SMILES string of the molecule is C=C(C)[C@H]1CC[C@H]2[C@@H]3CC[C@@H]4C[C@@H](OC(=O)c5ccccc5)CC[C@]4(C)[C@H]3C[C@H](O)[C@]12C. The minimum Gasteiger partial charge on any atom is -0.459 e. The van der Waals surface area contributed by atoms with Gasteiger partial charge in [-0.2, -0.15) is 0 Å². The first-order valence-electron chi connectivity index (χ1n) is 12.8. The van der Waals surface area contributed by atoms with Gasteiger partial charge in [-0.05, 0) is 105 Å². The van der Waals surface area contributed by atoms with Crippen LogP contribution in [0, 0.1) is 40.4 Å². The number of benzene rings is 1. The molecule has 0 heterocycles. The Morgan fingerprint density at radius 3 is 2.50 bits per heavy atom. The molecule has 5 rings (SSSR count). The molecule has 1 aromatic rings. The normalized spacial score (nSPS) is 45.3. The van der Waals surface area contributed by atoms with E-state index in [0.717, 1.165) is 31.6 Å². The molecule has 4 saturated carbocycles. The van der Waals surface area contributed by atoms with Crippen LogP contribution in [-0.2, 0) is 4.74 Å². The third-order valence-electron chi connectivity index (χ3n) is 10.6. The number of aliphatic hydroxyl groups excluding tert-OH is 1. The van der Waals surface area contributed by atoms with Crippen molar-refractivity contribution in [3.63, 3.8) is 0 Å². The van der Waals surface area contributed by atoms with E-state index in [1.807, 2.05) is 30.3 Å². The number of aliphatic hydroxyl groups is 1. The van der Waals surface area contributed by atoms with Crippen LogP contribution in [0.3, 0.4) is 0 Å². The summed E-state index contributed by atoms with van der Waals surface area (Å²) in [5, 5.41) is 11.5. The van der Waals surface area contributed by atoms with Gasteiger partial charge in [0.1, 0.15) is 6.10 Å². The van der Waals surface area contributed by atoms with E-state index in [2.05, 4.69) is 27.4 Å². The van der Waals surface area contributed by atoms with E-state index in [1.165, 1.54) is 31.3 Å². The van der Waals surface area contributed by atoms with Crippen molar-refractivity contribution >= 4 is 5.97 Å². The van der Waals surface area contributed by atoms with E-state index in [4.69, 9.17) is 4.74 Å². The quantitative estimate of drug-likeness (QED) is 0.439. The van der Waals surface area contributed by atoms with Crippen LogP contribution in [0.5, 0.6) is 0 Å². The highest BCUT2D eigenvalue weighted by Crippen LogP contribution is 2.68. The molecule has 1 N–H and O–H groups in total. The predicted molar refractivity (Wildman–Crippen MR) is 127 cm³/mol. The summed E-state index contributed by atoms with van der Waals surface area (Å²) in [5.74, 6) is 2.78. The molecule has 1 aromatic carbocycles. The Labute approximate surface area is 193 Å². The van der Waals surface area contributed by atoms with Crippen LogP contribution in [0.25, 0.3) is 0 Å². The summed E-state index contributed by atoms with van der Waals surface area (Å²) in [6.45, 7) is 11.3. The summed E-state index contributed by atoms with van der Waals surface area (Å²) in [4.78, 5) is 12.6. The summed E-state index contributed by atoms with van der Waals surface area (Å²) in [6, 6.07) is 9.37. The number of allylic oxidation sites excluding steroid dienone is 1. The lowest BCUT2D eigenvalue weighted by atomic mass is 9.44. The zero-order valence-corrected chi connectivity index (χ0v) is 20.1. The molecule has 4 aliphatic rings. The Hall–Kier alpha value is -1.61. The fourth-order valence-electron chi connectivity index (χ4n) is 8.88. The second kappa shape index (κ2) is 8.01. The topological polar surface area (TPSA) is 46.5 Å². The summed E-state index contributed by atoms with van der Waals surface area (Å²) in [5.41, 5.74) is 2.15. The highest BCUT2D eigenvalue weighted by atomic mass is 16.5. The fraction of sp³-hybridized carbons (Fsp3) is 0.690. The maximum atomic E-state index is 12.6. The van der Waals surface area contributed by atoms with Gasteiger partial charge in [0, 0.05) is 5.41 Å². The third-order valence-corrected chi connectivity index (χ3v) is 10.6. The van der Waals surface area contributed by atoms with Crippen molar-refractivity contribution in [3.05, 3.63) is 48.0 Å². The number of rotatable bonds is 3. The van der Waals surface area contributed by atoms with Crippen LogP contribution in [0.15, 0.2) is 42.5 Å². The zero-order chi connectivity index (χ0) is 22.7. The average molecular weight is 437 g/mol. The number of carbonyl (C=O) groups is 1. The van der Waals surface area contributed by atoms with Crippen LogP contribution in [0.1, 0.15) is 82.5 Å². The number of fused-ring (bicyclic) bond motifs is 5. The van der Waals surface area contributed by atoms with Gasteiger partial charge in [-0.3, -0.25) is 0 Å². The van der Waals surface area contributed by atoms with Crippen molar-refractivity contribution in [1.82, 2.24) is 0 Å². The van der Waals surface area contributed by atoms with E-state index in [-0.39, 0.29) is 29.0 Å². The summed E-state index contributed by atoms with van der Waals surface area (Å²) < 4.78 is 5.96. The van der Waals surface area contributed by atoms with E-state index in [0.29, 0.717) is 29.2 Å². The molecule has 0 spiro atoms.